The van der Waals surface area contributed by atoms with E-state index in [1.165, 1.54) is 0 Å². The lowest BCUT2D eigenvalue weighted by atomic mass is 10.1. The Morgan fingerprint density at radius 1 is 1.28 bits per heavy atom. The SMILES string of the molecule is C=CCNC(=O)CN1CCN(C(=O)c2cnn(-c3cccc(Cl)c3)c2CC)CC1. The standard InChI is InChI=1S/C21H26ClN5O2/c1-3-8-23-20(28)15-25-9-11-26(12-10-25)21(29)18-14-24-27(19(18)4-2)17-7-5-6-16(22)13-17/h3,5-7,13-14H,1,4,8-12,15H2,2H3,(H,23,28). The molecule has 1 aliphatic heterocycles. The second-order valence-corrected chi connectivity index (χ2v) is 7.35. The number of carbonyl (C=O) groups excluding carboxylic acids is 2. The highest BCUT2D eigenvalue weighted by Gasteiger charge is 2.26. The van der Waals surface area contributed by atoms with Crippen molar-refractivity contribution in [1.82, 2.24) is 24.9 Å². The van der Waals surface area contributed by atoms with Crippen LogP contribution in [0, 0.1) is 0 Å². The van der Waals surface area contributed by atoms with Crippen molar-refractivity contribution in [2.45, 2.75) is 13.3 Å². The van der Waals surface area contributed by atoms with E-state index in [9.17, 15) is 9.59 Å². The average molecular weight is 416 g/mol. The zero-order chi connectivity index (χ0) is 20.8. The van der Waals surface area contributed by atoms with Gasteiger partial charge >= 0.3 is 0 Å². The normalized spacial score (nSPS) is 14.6. The van der Waals surface area contributed by atoms with Gasteiger partial charge in [0.15, 0.2) is 0 Å². The summed E-state index contributed by atoms with van der Waals surface area (Å²) in [6.45, 7) is 8.89. The maximum Gasteiger partial charge on any atom is 0.257 e. The molecule has 1 aliphatic rings. The topological polar surface area (TPSA) is 70.5 Å². The molecule has 0 aliphatic carbocycles. The Bertz CT molecular complexity index is 887. The minimum Gasteiger partial charge on any atom is -0.352 e. The molecule has 3 rings (SSSR count). The van der Waals surface area contributed by atoms with Crippen molar-refractivity contribution in [3.63, 3.8) is 0 Å². The Hall–Kier alpha value is -2.64. The Morgan fingerprint density at radius 2 is 2.03 bits per heavy atom. The molecule has 2 heterocycles. The summed E-state index contributed by atoms with van der Waals surface area (Å²) in [6.07, 6.45) is 3.97. The molecule has 1 aromatic carbocycles. The summed E-state index contributed by atoms with van der Waals surface area (Å²) in [6, 6.07) is 7.43. The second-order valence-electron chi connectivity index (χ2n) is 6.91. The molecule has 1 fully saturated rings. The van der Waals surface area contributed by atoms with E-state index < -0.39 is 0 Å². The number of nitrogens with zero attached hydrogens (tertiary/aromatic N) is 4. The fourth-order valence-electron chi connectivity index (χ4n) is 3.45. The number of nitrogens with one attached hydrogen (secondary N) is 1. The van der Waals surface area contributed by atoms with Crippen LogP contribution in [0.1, 0.15) is 23.0 Å². The quantitative estimate of drug-likeness (QED) is 0.703. The third-order valence-electron chi connectivity index (χ3n) is 4.96. The lowest BCUT2D eigenvalue weighted by Crippen LogP contribution is -2.51. The fraction of sp³-hybridized carbons (Fsp3) is 0.381. The van der Waals surface area contributed by atoms with Crippen LogP contribution in [-0.2, 0) is 11.2 Å². The Morgan fingerprint density at radius 3 is 2.69 bits per heavy atom. The molecule has 29 heavy (non-hydrogen) atoms. The third-order valence-corrected chi connectivity index (χ3v) is 5.19. The van der Waals surface area contributed by atoms with Gasteiger partial charge in [0.25, 0.3) is 5.91 Å². The maximum absolute atomic E-state index is 13.1. The molecule has 0 atom stereocenters. The van der Waals surface area contributed by atoms with E-state index in [-0.39, 0.29) is 11.8 Å². The predicted octanol–water partition coefficient (Wildman–Crippen LogP) is 2.15. The van der Waals surface area contributed by atoms with Crippen LogP contribution in [-0.4, -0.2) is 70.7 Å². The van der Waals surface area contributed by atoms with Gasteiger partial charge in [0.2, 0.25) is 5.91 Å². The Balaban J connectivity index is 1.66. The van der Waals surface area contributed by atoms with Gasteiger partial charge in [-0.25, -0.2) is 4.68 Å². The Kier molecular flexibility index (Phi) is 7.06. The number of benzene rings is 1. The monoisotopic (exact) mass is 415 g/mol. The van der Waals surface area contributed by atoms with Gasteiger partial charge < -0.3 is 10.2 Å². The first-order chi connectivity index (χ1) is 14.0. The lowest BCUT2D eigenvalue weighted by molar-refractivity contribution is -0.122. The molecule has 7 nitrogen and oxygen atoms in total. The summed E-state index contributed by atoms with van der Waals surface area (Å²) in [7, 11) is 0. The largest absolute Gasteiger partial charge is 0.352 e. The molecule has 0 unspecified atom stereocenters. The third kappa shape index (κ3) is 5.05. The molecular formula is C21H26ClN5O2. The van der Waals surface area contributed by atoms with Crippen LogP contribution in [0.15, 0.2) is 43.1 Å². The van der Waals surface area contributed by atoms with Gasteiger partial charge in [-0.15, -0.1) is 6.58 Å². The molecule has 0 saturated carbocycles. The molecule has 8 heteroatoms. The minimum absolute atomic E-state index is 0.0223. The number of hydrogen-bond acceptors (Lipinski definition) is 4. The van der Waals surface area contributed by atoms with Crippen molar-refractivity contribution < 1.29 is 9.59 Å². The first kappa shape index (κ1) is 21.1. The highest BCUT2D eigenvalue weighted by molar-refractivity contribution is 6.30. The highest BCUT2D eigenvalue weighted by atomic mass is 35.5. The van der Waals surface area contributed by atoms with Crippen molar-refractivity contribution in [3.05, 3.63) is 59.4 Å². The van der Waals surface area contributed by atoms with Gasteiger partial charge in [-0.1, -0.05) is 30.7 Å². The van der Waals surface area contributed by atoms with Crippen LogP contribution in [0.25, 0.3) is 5.69 Å². The van der Waals surface area contributed by atoms with Crippen LogP contribution in [0.5, 0.6) is 0 Å². The van der Waals surface area contributed by atoms with Crippen molar-refractivity contribution in [3.8, 4) is 5.69 Å². The first-order valence-electron chi connectivity index (χ1n) is 9.75. The van der Waals surface area contributed by atoms with Gasteiger partial charge in [-0.2, -0.15) is 5.10 Å². The van der Waals surface area contributed by atoms with Gasteiger partial charge in [-0.3, -0.25) is 14.5 Å². The molecule has 1 N–H and O–H groups in total. The highest BCUT2D eigenvalue weighted by Crippen LogP contribution is 2.20. The van der Waals surface area contributed by atoms with Gasteiger partial charge in [0.1, 0.15) is 0 Å². The van der Waals surface area contributed by atoms with Crippen LogP contribution < -0.4 is 5.32 Å². The molecular weight excluding hydrogens is 390 g/mol. The number of halogens is 1. The molecule has 2 aromatic rings. The van der Waals surface area contributed by atoms with E-state index in [0.717, 1.165) is 11.4 Å². The van der Waals surface area contributed by atoms with Crippen LogP contribution in [0.2, 0.25) is 5.02 Å². The number of carbonyl (C=O) groups is 2. The number of piperazine rings is 1. The fourth-order valence-corrected chi connectivity index (χ4v) is 3.63. The van der Waals surface area contributed by atoms with E-state index >= 15 is 0 Å². The number of hydrogen-bond donors (Lipinski definition) is 1. The van der Waals surface area contributed by atoms with E-state index in [1.807, 2.05) is 36.1 Å². The van der Waals surface area contributed by atoms with Crippen LogP contribution in [0.3, 0.4) is 0 Å². The molecule has 154 valence electrons. The Labute approximate surface area is 175 Å². The van der Waals surface area contributed by atoms with Gasteiger partial charge in [0.05, 0.1) is 29.7 Å². The summed E-state index contributed by atoms with van der Waals surface area (Å²) >= 11 is 6.10. The molecule has 0 spiro atoms. The lowest BCUT2D eigenvalue weighted by Gasteiger charge is -2.34. The maximum atomic E-state index is 13.1. The second kappa shape index (κ2) is 9.71. The molecule has 1 saturated heterocycles. The van der Waals surface area contributed by atoms with E-state index in [4.69, 9.17) is 11.6 Å². The summed E-state index contributed by atoms with van der Waals surface area (Å²) in [4.78, 5) is 28.8. The van der Waals surface area contributed by atoms with Gasteiger partial charge in [-0.05, 0) is 24.6 Å². The zero-order valence-electron chi connectivity index (χ0n) is 16.6. The number of amides is 2. The van der Waals surface area contributed by atoms with Crippen LogP contribution in [0.4, 0.5) is 0 Å². The number of rotatable bonds is 7. The zero-order valence-corrected chi connectivity index (χ0v) is 17.4. The van der Waals surface area contributed by atoms with Crippen molar-refractivity contribution >= 4 is 23.4 Å². The van der Waals surface area contributed by atoms with Crippen molar-refractivity contribution in [2.24, 2.45) is 0 Å². The van der Waals surface area contributed by atoms with Crippen molar-refractivity contribution in [2.75, 3.05) is 39.3 Å². The summed E-state index contributed by atoms with van der Waals surface area (Å²) in [5, 5.41) is 7.84. The molecule has 0 bridgehead atoms. The summed E-state index contributed by atoms with van der Waals surface area (Å²) in [5.74, 6) is -0.0494. The first-order valence-corrected chi connectivity index (χ1v) is 10.1. The van der Waals surface area contributed by atoms with Gasteiger partial charge in [0, 0.05) is 37.7 Å². The summed E-state index contributed by atoms with van der Waals surface area (Å²) in [5.41, 5.74) is 2.32. The molecule has 0 radical (unpaired) electrons. The molecule has 2 amide bonds. The van der Waals surface area contributed by atoms with E-state index in [0.29, 0.717) is 56.3 Å². The van der Waals surface area contributed by atoms with E-state index in [1.54, 1.807) is 17.0 Å². The average Bonchev–Trinajstić information content (AvgIpc) is 3.16. The minimum atomic E-state index is -0.0271. The van der Waals surface area contributed by atoms with E-state index in [2.05, 4.69) is 21.9 Å². The van der Waals surface area contributed by atoms with Crippen LogP contribution >= 0.6 is 11.6 Å². The summed E-state index contributed by atoms with van der Waals surface area (Å²) < 4.78 is 1.78. The van der Waals surface area contributed by atoms with Crippen molar-refractivity contribution in [1.29, 1.82) is 0 Å². The number of aromatic nitrogens is 2. The smallest absolute Gasteiger partial charge is 0.257 e. The predicted molar refractivity (Wildman–Crippen MR) is 114 cm³/mol. The molecule has 1 aromatic heterocycles.